The molecule has 1 rings (SSSR count). The standard InChI is InChI=1S/C16H28O4/c1-4-9-13(16(18)20-5-2)14(17)15(19-3)12-10-7-6-8-11-12/h12-13,15H,4-11H2,1-3H3. The average molecular weight is 284 g/mol. The summed E-state index contributed by atoms with van der Waals surface area (Å²) in [5.74, 6) is -0.876. The molecule has 2 atom stereocenters. The summed E-state index contributed by atoms with van der Waals surface area (Å²) in [6, 6.07) is 0. The number of Topliss-reactive ketones (excluding diaryl/α,β-unsaturated/α-hetero) is 1. The first kappa shape index (κ1) is 17.2. The highest BCUT2D eigenvalue weighted by Crippen LogP contribution is 2.30. The average Bonchev–Trinajstić information content (AvgIpc) is 2.46. The van der Waals surface area contributed by atoms with E-state index in [1.165, 1.54) is 6.42 Å². The zero-order chi connectivity index (χ0) is 15.0. The summed E-state index contributed by atoms with van der Waals surface area (Å²) in [6.45, 7) is 4.05. The molecule has 0 aromatic heterocycles. The molecule has 1 aliphatic carbocycles. The molecule has 1 aliphatic rings. The van der Waals surface area contributed by atoms with Crippen LogP contribution in [0.25, 0.3) is 0 Å². The molecule has 1 saturated carbocycles. The van der Waals surface area contributed by atoms with E-state index in [1.807, 2.05) is 6.92 Å². The lowest BCUT2D eigenvalue weighted by molar-refractivity contribution is -0.156. The van der Waals surface area contributed by atoms with Gasteiger partial charge in [-0.05, 0) is 32.1 Å². The smallest absolute Gasteiger partial charge is 0.316 e. The molecule has 20 heavy (non-hydrogen) atoms. The normalized spacial score (nSPS) is 19.4. The molecule has 4 nitrogen and oxygen atoms in total. The van der Waals surface area contributed by atoms with Crippen LogP contribution in [0, 0.1) is 11.8 Å². The topological polar surface area (TPSA) is 52.6 Å². The quantitative estimate of drug-likeness (QED) is 0.507. The fourth-order valence-electron chi connectivity index (χ4n) is 3.08. The van der Waals surface area contributed by atoms with Gasteiger partial charge in [0.15, 0.2) is 5.78 Å². The number of methoxy groups -OCH3 is 1. The summed E-state index contributed by atoms with van der Waals surface area (Å²) in [7, 11) is 1.57. The number of hydrogen-bond donors (Lipinski definition) is 0. The predicted octanol–water partition coefficient (Wildman–Crippen LogP) is 3.13. The van der Waals surface area contributed by atoms with Crippen LogP contribution < -0.4 is 0 Å². The first-order valence-corrected chi connectivity index (χ1v) is 7.88. The van der Waals surface area contributed by atoms with Gasteiger partial charge in [-0.3, -0.25) is 9.59 Å². The molecular formula is C16H28O4. The Kier molecular flexibility index (Phi) is 7.82. The monoisotopic (exact) mass is 284 g/mol. The van der Waals surface area contributed by atoms with E-state index in [4.69, 9.17) is 9.47 Å². The van der Waals surface area contributed by atoms with Crippen molar-refractivity contribution < 1.29 is 19.1 Å². The Hall–Kier alpha value is -0.900. The Morgan fingerprint density at radius 2 is 1.80 bits per heavy atom. The molecule has 0 amide bonds. The van der Waals surface area contributed by atoms with Crippen molar-refractivity contribution in [3.63, 3.8) is 0 Å². The van der Waals surface area contributed by atoms with Crippen LogP contribution >= 0.6 is 0 Å². The minimum Gasteiger partial charge on any atom is -0.465 e. The van der Waals surface area contributed by atoms with Gasteiger partial charge in [0, 0.05) is 7.11 Å². The van der Waals surface area contributed by atoms with Crippen LogP contribution in [0.1, 0.15) is 58.8 Å². The summed E-state index contributed by atoms with van der Waals surface area (Å²) in [6.07, 6.45) is 6.46. The Morgan fingerprint density at radius 1 is 1.15 bits per heavy atom. The molecule has 0 radical (unpaired) electrons. The lowest BCUT2D eigenvalue weighted by Crippen LogP contribution is -2.40. The minimum absolute atomic E-state index is 0.0836. The van der Waals surface area contributed by atoms with Crippen molar-refractivity contribution in [3.05, 3.63) is 0 Å². The second kappa shape index (κ2) is 9.11. The Balaban J connectivity index is 2.75. The highest BCUT2D eigenvalue weighted by atomic mass is 16.5. The van der Waals surface area contributed by atoms with Gasteiger partial charge in [-0.1, -0.05) is 32.6 Å². The van der Waals surface area contributed by atoms with E-state index in [1.54, 1.807) is 14.0 Å². The van der Waals surface area contributed by atoms with Crippen LogP contribution in [0.3, 0.4) is 0 Å². The molecule has 0 heterocycles. The maximum Gasteiger partial charge on any atom is 0.316 e. The molecular weight excluding hydrogens is 256 g/mol. The van der Waals surface area contributed by atoms with Crippen LogP contribution in [0.4, 0.5) is 0 Å². The third kappa shape index (κ3) is 4.58. The third-order valence-corrected chi connectivity index (χ3v) is 4.10. The molecule has 0 aliphatic heterocycles. The predicted molar refractivity (Wildman–Crippen MR) is 77.4 cm³/mol. The summed E-state index contributed by atoms with van der Waals surface area (Å²) in [4.78, 5) is 24.6. The van der Waals surface area contributed by atoms with Gasteiger partial charge in [-0.15, -0.1) is 0 Å². The van der Waals surface area contributed by atoms with Crippen molar-refractivity contribution in [1.82, 2.24) is 0 Å². The van der Waals surface area contributed by atoms with Gasteiger partial charge < -0.3 is 9.47 Å². The van der Waals surface area contributed by atoms with Crippen LogP contribution in [-0.2, 0) is 19.1 Å². The third-order valence-electron chi connectivity index (χ3n) is 4.10. The van der Waals surface area contributed by atoms with E-state index in [0.717, 1.165) is 32.1 Å². The van der Waals surface area contributed by atoms with Crippen molar-refractivity contribution in [1.29, 1.82) is 0 Å². The number of rotatable bonds is 8. The van der Waals surface area contributed by atoms with Gasteiger partial charge in [0.05, 0.1) is 6.61 Å². The summed E-state index contributed by atoms with van der Waals surface area (Å²) < 4.78 is 10.5. The maximum atomic E-state index is 12.7. The molecule has 0 N–H and O–H groups in total. The molecule has 4 heteroatoms. The number of hydrogen-bond acceptors (Lipinski definition) is 4. The number of ether oxygens (including phenoxy) is 2. The molecule has 0 spiro atoms. The maximum absolute atomic E-state index is 12.7. The van der Waals surface area contributed by atoms with Gasteiger partial charge >= 0.3 is 5.97 Å². The van der Waals surface area contributed by atoms with Gasteiger partial charge in [0.1, 0.15) is 12.0 Å². The summed E-state index contributed by atoms with van der Waals surface area (Å²) in [5.41, 5.74) is 0. The minimum atomic E-state index is -0.660. The molecule has 0 aromatic rings. The molecule has 2 unspecified atom stereocenters. The van der Waals surface area contributed by atoms with Gasteiger partial charge in [0.25, 0.3) is 0 Å². The van der Waals surface area contributed by atoms with Crippen molar-refractivity contribution in [2.24, 2.45) is 11.8 Å². The SMILES string of the molecule is CCCC(C(=O)OCC)C(=O)C(OC)C1CCCCC1. The first-order chi connectivity index (χ1) is 9.65. The summed E-state index contributed by atoms with van der Waals surface area (Å²) in [5, 5.41) is 0. The van der Waals surface area contributed by atoms with Crippen LogP contribution in [0.15, 0.2) is 0 Å². The highest BCUT2D eigenvalue weighted by molar-refractivity contribution is 6.01. The molecule has 0 aromatic carbocycles. The number of ketones is 1. The van der Waals surface area contributed by atoms with Gasteiger partial charge in [0.2, 0.25) is 0 Å². The zero-order valence-electron chi connectivity index (χ0n) is 13.0. The highest BCUT2D eigenvalue weighted by Gasteiger charge is 2.37. The Morgan fingerprint density at radius 3 is 2.30 bits per heavy atom. The van der Waals surface area contributed by atoms with E-state index < -0.39 is 18.0 Å². The molecule has 1 fully saturated rings. The fraction of sp³-hybridized carbons (Fsp3) is 0.875. The number of carbonyl (C=O) groups excluding carboxylic acids is 2. The van der Waals surface area contributed by atoms with E-state index in [0.29, 0.717) is 13.0 Å². The largest absolute Gasteiger partial charge is 0.465 e. The van der Waals surface area contributed by atoms with Crippen molar-refractivity contribution >= 4 is 11.8 Å². The van der Waals surface area contributed by atoms with Crippen LogP contribution in [-0.4, -0.2) is 31.6 Å². The number of carbonyl (C=O) groups is 2. The molecule has 116 valence electrons. The lowest BCUT2D eigenvalue weighted by atomic mass is 9.80. The second-order valence-electron chi connectivity index (χ2n) is 5.55. The molecule has 0 saturated heterocycles. The van der Waals surface area contributed by atoms with E-state index in [-0.39, 0.29) is 11.7 Å². The van der Waals surface area contributed by atoms with Gasteiger partial charge in [-0.2, -0.15) is 0 Å². The van der Waals surface area contributed by atoms with Crippen LogP contribution in [0.5, 0.6) is 0 Å². The number of esters is 1. The van der Waals surface area contributed by atoms with Crippen molar-refractivity contribution in [2.45, 2.75) is 64.9 Å². The first-order valence-electron chi connectivity index (χ1n) is 7.88. The van der Waals surface area contributed by atoms with Crippen molar-refractivity contribution in [2.75, 3.05) is 13.7 Å². The lowest BCUT2D eigenvalue weighted by Gasteiger charge is -2.30. The zero-order valence-corrected chi connectivity index (χ0v) is 13.0. The Labute approximate surface area is 122 Å². The van der Waals surface area contributed by atoms with Crippen molar-refractivity contribution in [3.8, 4) is 0 Å². The summed E-state index contributed by atoms with van der Waals surface area (Å²) >= 11 is 0. The Bertz CT molecular complexity index is 308. The van der Waals surface area contributed by atoms with E-state index in [9.17, 15) is 9.59 Å². The fourth-order valence-corrected chi connectivity index (χ4v) is 3.08. The van der Waals surface area contributed by atoms with Crippen LogP contribution in [0.2, 0.25) is 0 Å². The molecule has 0 bridgehead atoms. The second-order valence-corrected chi connectivity index (χ2v) is 5.55. The van der Waals surface area contributed by atoms with E-state index in [2.05, 4.69) is 0 Å². The van der Waals surface area contributed by atoms with E-state index >= 15 is 0 Å². The van der Waals surface area contributed by atoms with Gasteiger partial charge in [-0.25, -0.2) is 0 Å².